The van der Waals surface area contributed by atoms with Gasteiger partial charge in [0.15, 0.2) is 0 Å². The van der Waals surface area contributed by atoms with Gasteiger partial charge in [-0.05, 0) is 6.92 Å². The Labute approximate surface area is 106 Å². The van der Waals surface area contributed by atoms with Crippen LogP contribution in [-0.4, -0.2) is 28.6 Å². The van der Waals surface area contributed by atoms with Crippen LogP contribution in [0.15, 0.2) is 0 Å². The quantitative estimate of drug-likeness (QED) is 0.458. The van der Waals surface area contributed by atoms with Crippen LogP contribution in [0.25, 0.3) is 0 Å². The van der Waals surface area contributed by atoms with Crippen LogP contribution in [0, 0.1) is 0 Å². The molecule has 2 N–H and O–H groups in total. The number of hydrogen-bond donors (Lipinski definition) is 2. The van der Waals surface area contributed by atoms with Crippen molar-refractivity contribution in [1.82, 2.24) is 0 Å². The van der Waals surface area contributed by atoms with Gasteiger partial charge in [-0.25, -0.2) is 4.21 Å². The zero-order valence-electron chi connectivity index (χ0n) is 7.53. The Morgan fingerprint density at radius 2 is 1.93 bits per heavy atom. The Bertz CT molecular complexity index is 187. The number of halogens is 3. The Balaban J connectivity index is -0.000000209. The maximum atomic E-state index is 10.7. The second-order valence-electron chi connectivity index (χ2n) is 2.25. The van der Waals surface area contributed by atoms with Crippen LogP contribution in [0.2, 0.25) is 0 Å². The molecule has 0 bridgehead atoms. The van der Waals surface area contributed by atoms with Crippen LogP contribution in [0.1, 0.15) is 6.92 Å². The molecule has 0 saturated carbocycles. The molecule has 0 spiro atoms. The summed E-state index contributed by atoms with van der Waals surface area (Å²) in [6, 6.07) is 0. The Morgan fingerprint density at radius 3 is 2.00 bits per heavy atom. The number of ether oxygens (including phenoxy) is 1. The van der Waals surface area contributed by atoms with Gasteiger partial charge in [0.25, 0.3) is 0 Å². The highest BCUT2D eigenvalue weighted by atomic mass is 36.0. The molecular formula is C5H12Cl3NO3S2. The fraction of sp³-hybridized carbons (Fsp3) is 0.800. The van der Waals surface area contributed by atoms with Gasteiger partial charge in [-0.3, -0.25) is 4.79 Å². The van der Waals surface area contributed by atoms with E-state index in [0.29, 0.717) is 5.75 Å². The fourth-order valence-corrected chi connectivity index (χ4v) is 0.427. The van der Waals surface area contributed by atoms with Gasteiger partial charge in [0.1, 0.15) is 5.54 Å². The third-order valence-corrected chi connectivity index (χ3v) is 1.64. The van der Waals surface area contributed by atoms with Crippen molar-refractivity contribution < 1.29 is 13.7 Å². The van der Waals surface area contributed by atoms with Gasteiger partial charge in [0.05, 0.1) is 7.11 Å². The Hall–Kier alpha value is 0.800. The van der Waals surface area contributed by atoms with Crippen molar-refractivity contribution in [2.45, 2.75) is 12.5 Å². The van der Waals surface area contributed by atoms with Crippen LogP contribution < -0.4 is 5.73 Å². The lowest BCUT2D eigenvalue weighted by atomic mass is 10.1. The number of hydrogen-bond acceptors (Lipinski definition) is 5. The predicted octanol–water partition coefficient (Wildman–Crippen LogP) is 1.27. The number of rotatable bonds is 2. The Kier molecular flexibility index (Phi) is 14.9. The molecule has 0 saturated heterocycles. The first-order valence-electron chi connectivity index (χ1n) is 3.00. The zero-order chi connectivity index (χ0) is 11.1. The molecule has 4 nitrogen and oxygen atoms in total. The summed E-state index contributed by atoms with van der Waals surface area (Å²) in [6.07, 6.45) is 0. The van der Waals surface area contributed by atoms with Gasteiger partial charge < -0.3 is 10.5 Å². The van der Waals surface area contributed by atoms with E-state index in [1.807, 2.05) is 0 Å². The van der Waals surface area contributed by atoms with Gasteiger partial charge >= 0.3 is 5.97 Å². The second kappa shape index (κ2) is 10.3. The van der Waals surface area contributed by atoms with E-state index in [4.69, 9.17) is 9.94 Å². The van der Waals surface area contributed by atoms with Gasteiger partial charge in [-0.2, -0.15) is 12.6 Å². The third kappa shape index (κ3) is 12.8. The second-order valence-corrected chi connectivity index (χ2v) is 5.09. The lowest BCUT2D eigenvalue weighted by molar-refractivity contribution is -0.145. The molecular weight excluding hydrogens is 293 g/mol. The van der Waals surface area contributed by atoms with Crippen molar-refractivity contribution in [3.05, 3.63) is 0 Å². The molecule has 0 rings (SSSR count). The smallest absolute Gasteiger partial charge is 0.326 e. The van der Waals surface area contributed by atoms with E-state index >= 15 is 0 Å². The molecule has 1 atom stereocenters. The molecule has 9 heteroatoms. The summed E-state index contributed by atoms with van der Waals surface area (Å²) >= 11 is 3.87. The minimum Gasteiger partial charge on any atom is -0.468 e. The van der Waals surface area contributed by atoms with Crippen molar-refractivity contribution in [2.24, 2.45) is 5.73 Å². The van der Waals surface area contributed by atoms with Gasteiger partial charge in [-0.15, -0.1) is 12.4 Å². The molecule has 0 fully saturated rings. The lowest BCUT2D eigenvalue weighted by Crippen LogP contribution is -2.47. The van der Waals surface area contributed by atoms with Gasteiger partial charge in [0, 0.05) is 27.1 Å². The lowest BCUT2D eigenvalue weighted by Gasteiger charge is -2.17. The van der Waals surface area contributed by atoms with E-state index in [1.54, 1.807) is 6.92 Å². The average molecular weight is 305 g/mol. The summed E-state index contributed by atoms with van der Waals surface area (Å²) < 4.78 is 13.5. The largest absolute Gasteiger partial charge is 0.468 e. The summed E-state index contributed by atoms with van der Waals surface area (Å²) in [5.41, 5.74) is 4.47. The molecule has 0 aromatic rings. The molecule has 0 amide bonds. The van der Waals surface area contributed by atoms with Crippen LogP contribution in [0.4, 0.5) is 0 Å². The first kappa shape index (κ1) is 20.2. The number of nitrogens with two attached hydrogens (primary N) is 1. The highest BCUT2D eigenvalue weighted by molar-refractivity contribution is 8.26. The molecule has 88 valence electrons. The minimum absolute atomic E-state index is 0. The highest BCUT2D eigenvalue weighted by Gasteiger charge is 2.26. The third-order valence-electron chi connectivity index (χ3n) is 0.980. The molecule has 0 heterocycles. The van der Waals surface area contributed by atoms with Crippen molar-refractivity contribution in [2.75, 3.05) is 12.9 Å². The van der Waals surface area contributed by atoms with E-state index in [9.17, 15) is 4.79 Å². The molecule has 0 radical (unpaired) electrons. The topological polar surface area (TPSA) is 69.4 Å². The molecule has 0 aromatic carbocycles. The monoisotopic (exact) mass is 303 g/mol. The first-order chi connectivity index (χ1) is 5.77. The number of methoxy groups -OCH3 is 1. The van der Waals surface area contributed by atoms with Crippen molar-refractivity contribution >= 4 is 61.6 Å². The van der Waals surface area contributed by atoms with Crippen LogP contribution in [-0.2, 0) is 18.8 Å². The highest BCUT2D eigenvalue weighted by Crippen LogP contribution is 2.02. The summed E-state index contributed by atoms with van der Waals surface area (Å²) in [5.74, 6) is -0.142. The van der Waals surface area contributed by atoms with Crippen LogP contribution in [0.3, 0.4) is 0 Å². The molecule has 0 aliphatic carbocycles. The first-order valence-corrected chi connectivity index (χ1v) is 6.43. The Morgan fingerprint density at radius 1 is 1.64 bits per heavy atom. The van der Waals surface area contributed by atoms with E-state index < -0.39 is 20.7 Å². The predicted molar refractivity (Wildman–Crippen MR) is 65.6 cm³/mol. The fourth-order valence-electron chi connectivity index (χ4n) is 0.298. The number of esters is 1. The van der Waals surface area contributed by atoms with Gasteiger partial charge in [0.2, 0.25) is 9.23 Å². The van der Waals surface area contributed by atoms with E-state index in [1.165, 1.54) is 7.11 Å². The summed E-state index contributed by atoms with van der Waals surface area (Å²) in [5, 5.41) is 0. The maximum Gasteiger partial charge on any atom is 0.326 e. The van der Waals surface area contributed by atoms with Crippen molar-refractivity contribution in [3.8, 4) is 0 Å². The van der Waals surface area contributed by atoms with Crippen LogP contribution in [0.5, 0.6) is 0 Å². The summed E-state index contributed by atoms with van der Waals surface area (Å²) in [7, 11) is 8.66. The molecule has 1 unspecified atom stereocenters. The SMILES string of the molecule is COC(=O)C(C)(N)CS.Cl.O=S(Cl)Cl. The molecule has 0 aliphatic heterocycles. The number of carbonyl (C=O) groups is 1. The number of carbonyl (C=O) groups excluding carboxylic acids is 1. The number of thiol groups is 1. The van der Waals surface area contributed by atoms with E-state index in [0.717, 1.165) is 0 Å². The summed E-state index contributed by atoms with van der Waals surface area (Å²) in [4.78, 5) is 10.7. The van der Waals surface area contributed by atoms with Crippen LogP contribution >= 0.6 is 46.4 Å². The normalized spacial score (nSPS) is 13.1. The van der Waals surface area contributed by atoms with Crippen molar-refractivity contribution in [1.29, 1.82) is 0 Å². The van der Waals surface area contributed by atoms with E-state index in [-0.39, 0.29) is 12.4 Å². The zero-order valence-corrected chi connectivity index (χ0v) is 11.6. The van der Waals surface area contributed by atoms with Crippen molar-refractivity contribution in [3.63, 3.8) is 0 Å². The molecule has 0 aliphatic rings. The summed E-state index contributed by atoms with van der Waals surface area (Å²) in [6.45, 7) is 1.58. The van der Waals surface area contributed by atoms with Gasteiger partial charge in [-0.1, -0.05) is 0 Å². The van der Waals surface area contributed by atoms with E-state index in [2.05, 4.69) is 38.7 Å². The minimum atomic E-state index is -1.67. The molecule has 0 aromatic heterocycles. The standard InChI is InChI=1S/C5H11NO2S.Cl2OS.ClH/c1-5(6,3-9)4(7)8-2;1-4(2)3;/h9H,3,6H2,1-2H3;;1H. The molecule has 14 heavy (non-hydrogen) atoms. The maximum absolute atomic E-state index is 10.7. The average Bonchev–Trinajstić information content (AvgIpc) is 2.02.